The molecule has 2 aromatic rings. The molecule has 0 aromatic heterocycles. The standard InChI is InChI=1S/C25H29BrO5/c1-14-16(3)30-25(15(2)24(14)31-17(4)27)19-6-7-21(26)20(13-19)11-18-5-8-22-23(12-18)29-10-9-28-22/h5-8,12-16,24-25H,9-11H2,1-4H3/t14-,15-,16?,24+,25-/m1/s1. The summed E-state index contributed by atoms with van der Waals surface area (Å²) in [5.74, 6) is 1.55. The molecule has 31 heavy (non-hydrogen) atoms. The summed E-state index contributed by atoms with van der Waals surface area (Å²) in [5, 5.41) is 0. The fraction of sp³-hybridized carbons (Fsp3) is 0.480. The first-order valence-corrected chi connectivity index (χ1v) is 11.6. The van der Waals surface area contributed by atoms with E-state index in [1.165, 1.54) is 12.5 Å². The molecule has 2 aromatic carbocycles. The van der Waals surface area contributed by atoms with Crippen molar-refractivity contribution in [1.82, 2.24) is 0 Å². The zero-order valence-corrected chi connectivity index (χ0v) is 20.0. The molecule has 0 aliphatic carbocycles. The molecular weight excluding hydrogens is 460 g/mol. The zero-order valence-electron chi connectivity index (χ0n) is 18.4. The summed E-state index contributed by atoms with van der Waals surface area (Å²) in [6.07, 6.45) is 0.445. The highest BCUT2D eigenvalue weighted by Crippen LogP contribution is 2.41. The van der Waals surface area contributed by atoms with Crippen LogP contribution in [0.2, 0.25) is 0 Å². The number of benzene rings is 2. The van der Waals surface area contributed by atoms with Gasteiger partial charge in [0, 0.05) is 23.2 Å². The molecule has 1 fully saturated rings. The van der Waals surface area contributed by atoms with Gasteiger partial charge in [0.1, 0.15) is 19.3 Å². The lowest BCUT2D eigenvalue weighted by atomic mass is 9.80. The number of rotatable bonds is 4. The Bertz CT molecular complexity index is 959. The van der Waals surface area contributed by atoms with Gasteiger partial charge in [-0.1, -0.05) is 48.0 Å². The van der Waals surface area contributed by atoms with Crippen molar-refractivity contribution in [2.24, 2.45) is 11.8 Å². The molecule has 0 N–H and O–H groups in total. The van der Waals surface area contributed by atoms with Crippen LogP contribution in [0.15, 0.2) is 40.9 Å². The third-order valence-electron chi connectivity index (χ3n) is 6.32. The Balaban J connectivity index is 1.59. The highest BCUT2D eigenvalue weighted by molar-refractivity contribution is 9.10. The van der Waals surface area contributed by atoms with Crippen molar-refractivity contribution in [2.45, 2.75) is 52.4 Å². The van der Waals surface area contributed by atoms with Gasteiger partial charge in [0.2, 0.25) is 0 Å². The second-order valence-electron chi connectivity index (χ2n) is 8.56. The summed E-state index contributed by atoms with van der Waals surface area (Å²) in [6, 6.07) is 12.4. The van der Waals surface area contributed by atoms with Crippen LogP contribution < -0.4 is 9.47 Å². The highest BCUT2D eigenvalue weighted by atomic mass is 79.9. The molecule has 2 aliphatic rings. The van der Waals surface area contributed by atoms with Crippen LogP contribution >= 0.6 is 15.9 Å². The first-order chi connectivity index (χ1) is 14.8. The number of halogens is 1. The van der Waals surface area contributed by atoms with E-state index in [1.54, 1.807) is 0 Å². The van der Waals surface area contributed by atoms with E-state index in [0.29, 0.717) is 13.2 Å². The lowest BCUT2D eigenvalue weighted by Crippen LogP contribution is -2.46. The maximum absolute atomic E-state index is 11.7. The monoisotopic (exact) mass is 488 g/mol. The van der Waals surface area contributed by atoms with Crippen molar-refractivity contribution in [3.63, 3.8) is 0 Å². The van der Waals surface area contributed by atoms with Gasteiger partial charge >= 0.3 is 5.97 Å². The topological polar surface area (TPSA) is 54.0 Å². The van der Waals surface area contributed by atoms with Gasteiger partial charge in [0.05, 0.1) is 12.2 Å². The quantitative estimate of drug-likeness (QED) is 0.533. The molecule has 0 amide bonds. The van der Waals surface area contributed by atoms with Crippen LogP contribution in [0.3, 0.4) is 0 Å². The van der Waals surface area contributed by atoms with Crippen LogP contribution in [0, 0.1) is 11.8 Å². The molecule has 4 rings (SSSR count). The van der Waals surface area contributed by atoms with Crippen LogP contribution in [0.25, 0.3) is 0 Å². The first kappa shape index (κ1) is 22.2. The van der Waals surface area contributed by atoms with E-state index in [0.717, 1.165) is 33.5 Å². The Kier molecular flexibility index (Phi) is 6.58. The van der Waals surface area contributed by atoms with Gasteiger partial charge < -0.3 is 18.9 Å². The number of carbonyl (C=O) groups is 1. The Morgan fingerprint density at radius 1 is 1.03 bits per heavy atom. The van der Waals surface area contributed by atoms with E-state index >= 15 is 0 Å². The van der Waals surface area contributed by atoms with Crippen molar-refractivity contribution in [3.05, 3.63) is 57.6 Å². The first-order valence-electron chi connectivity index (χ1n) is 10.8. The zero-order chi connectivity index (χ0) is 22.1. The summed E-state index contributed by atoms with van der Waals surface area (Å²) in [6.45, 7) is 8.87. The van der Waals surface area contributed by atoms with Crippen LogP contribution in [-0.4, -0.2) is 31.4 Å². The van der Waals surface area contributed by atoms with Gasteiger partial charge in [-0.05, 0) is 48.2 Å². The minimum atomic E-state index is -0.244. The Labute approximate surface area is 192 Å². The third kappa shape index (κ3) is 4.75. The summed E-state index contributed by atoms with van der Waals surface area (Å²) in [5.41, 5.74) is 3.42. The molecule has 0 saturated carbocycles. The predicted octanol–water partition coefficient (Wildman–Crippen LogP) is 5.47. The Morgan fingerprint density at radius 2 is 1.77 bits per heavy atom. The molecule has 0 bridgehead atoms. The maximum atomic E-state index is 11.7. The van der Waals surface area contributed by atoms with E-state index in [9.17, 15) is 4.79 Å². The van der Waals surface area contributed by atoms with Crippen LogP contribution in [0.4, 0.5) is 0 Å². The van der Waals surface area contributed by atoms with E-state index in [1.807, 2.05) is 12.1 Å². The van der Waals surface area contributed by atoms with Crippen molar-refractivity contribution in [3.8, 4) is 11.5 Å². The molecule has 0 spiro atoms. The lowest BCUT2D eigenvalue weighted by molar-refractivity contribution is -0.187. The molecule has 2 heterocycles. The summed E-state index contributed by atoms with van der Waals surface area (Å²) in [7, 11) is 0. The average molecular weight is 489 g/mol. The van der Waals surface area contributed by atoms with Crippen molar-refractivity contribution in [1.29, 1.82) is 0 Å². The highest BCUT2D eigenvalue weighted by Gasteiger charge is 2.42. The Morgan fingerprint density at radius 3 is 2.52 bits per heavy atom. The van der Waals surface area contributed by atoms with E-state index in [4.69, 9.17) is 18.9 Å². The minimum absolute atomic E-state index is 0.00422. The van der Waals surface area contributed by atoms with Crippen LogP contribution in [-0.2, 0) is 20.7 Å². The lowest BCUT2D eigenvalue weighted by Gasteiger charge is -2.43. The van der Waals surface area contributed by atoms with Gasteiger partial charge in [0.25, 0.3) is 0 Å². The molecule has 6 heteroatoms. The summed E-state index contributed by atoms with van der Waals surface area (Å²) in [4.78, 5) is 11.7. The molecule has 2 aliphatic heterocycles. The van der Waals surface area contributed by atoms with Crippen LogP contribution in [0.1, 0.15) is 50.5 Å². The minimum Gasteiger partial charge on any atom is -0.486 e. The normalized spacial score (nSPS) is 27.6. The average Bonchev–Trinajstić information content (AvgIpc) is 2.75. The Hall–Kier alpha value is -2.05. The van der Waals surface area contributed by atoms with Gasteiger partial charge in [0.15, 0.2) is 11.5 Å². The van der Waals surface area contributed by atoms with Crippen molar-refractivity contribution >= 4 is 21.9 Å². The SMILES string of the molecule is CC(=O)O[C@@H]1[C@@H](C)[C@H](c2ccc(Br)c(Cc3ccc4c(c3)OCCO4)c2)OC(C)[C@H]1C. The second kappa shape index (κ2) is 9.21. The summed E-state index contributed by atoms with van der Waals surface area (Å²) < 4.78 is 24.5. The third-order valence-corrected chi connectivity index (χ3v) is 7.09. The number of carbonyl (C=O) groups excluding carboxylic acids is 1. The molecule has 0 radical (unpaired) electrons. The number of hydrogen-bond donors (Lipinski definition) is 0. The molecule has 1 unspecified atom stereocenters. The van der Waals surface area contributed by atoms with Gasteiger partial charge in [-0.15, -0.1) is 0 Å². The van der Waals surface area contributed by atoms with Crippen molar-refractivity contribution in [2.75, 3.05) is 13.2 Å². The maximum Gasteiger partial charge on any atom is 0.302 e. The fourth-order valence-corrected chi connectivity index (χ4v) is 4.90. The number of esters is 1. The molecule has 166 valence electrons. The van der Waals surface area contributed by atoms with E-state index in [-0.39, 0.29) is 36.1 Å². The van der Waals surface area contributed by atoms with Gasteiger partial charge in [-0.2, -0.15) is 0 Å². The largest absolute Gasteiger partial charge is 0.486 e. The fourth-order valence-electron chi connectivity index (χ4n) is 4.51. The molecule has 1 saturated heterocycles. The van der Waals surface area contributed by atoms with Gasteiger partial charge in [-0.3, -0.25) is 4.79 Å². The smallest absolute Gasteiger partial charge is 0.302 e. The van der Waals surface area contributed by atoms with Crippen LogP contribution in [0.5, 0.6) is 11.5 Å². The van der Waals surface area contributed by atoms with Gasteiger partial charge in [-0.25, -0.2) is 0 Å². The van der Waals surface area contributed by atoms with E-state index < -0.39 is 0 Å². The number of hydrogen-bond acceptors (Lipinski definition) is 5. The molecule has 5 nitrogen and oxygen atoms in total. The van der Waals surface area contributed by atoms with Crippen molar-refractivity contribution < 1.29 is 23.7 Å². The number of ether oxygens (including phenoxy) is 4. The number of fused-ring (bicyclic) bond motifs is 1. The molecule has 5 atom stereocenters. The summed E-state index contributed by atoms with van der Waals surface area (Å²) >= 11 is 3.70. The van der Waals surface area contributed by atoms with E-state index in [2.05, 4.69) is 61.0 Å². The molecular formula is C25H29BrO5. The predicted molar refractivity (Wildman–Crippen MR) is 122 cm³/mol. The second-order valence-corrected chi connectivity index (χ2v) is 9.41.